The van der Waals surface area contributed by atoms with Crippen molar-refractivity contribution in [2.75, 3.05) is 32.7 Å². The molecule has 24 heavy (non-hydrogen) atoms. The Kier molecular flexibility index (Phi) is 5.25. The van der Waals surface area contributed by atoms with Gasteiger partial charge in [0.05, 0.1) is 30.8 Å². The molecule has 2 aliphatic heterocycles. The fourth-order valence-electron chi connectivity index (χ4n) is 3.44. The average molecular weight is 330 g/mol. The molecule has 0 saturated carbocycles. The molecule has 3 rings (SSSR count). The van der Waals surface area contributed by atoms with Gasteiger partial charge in [0.15, 0.2) is 0 Å². The van der Waals surface area contributed by atoms with Gasteiger partial charge in [-0.25, -0.2) is 0 Å². The smallest absolute Gasteiger partial charge is 0.261 e. The lowest BCUT2D eigenvalue weighted by molar-refractivity contribution is -0.887. The maximum atomic E-state index is 12.2. The summed E-state index contributed by atoms with van der Waals surface area (Å²) in [6, 6.07) is 6.78. The number of hydrogen-bond donors (Lipinski definition) is 2. The molecule has 1 saturated heterocycles. The number of nitrogens with one attached hydrogen (secondary N) is 2. The maximum absolute atomic E-state index is 12.2. The van der Waals surface area contributed by atoms with Gasteiger partial charge >= 0.3 is 0 Å². The van der Waals surface area contributed by atoms with Crippen molar-refractivity contribution < 1.29 is 19.3 Å². The van der Waals surface area contributed by atoms with Gasteiger partial charge in [-0.05, 0) is 12.1 Å². The molecule has 6 heteroatoms. The van der Waals surface area contributed by atoms with Gasteiger partial charge in [-0.1, -0.05) is 12.1 Å². The van der Waals surface area contributed by atoms with Gasteiger partial charge in [-0.15, -0.1) is 0 Å². The van der Waals surface area contributed by atoms with Crippen molar-refractivity contribution in [2.45, 2.75) is 25.7 Å². The Labute approximate surface area is 141 Å². The summed E-state index contributed by atoms with van der Waals surface area (Å²) in [5, 5.41) is 2.88. The van der Waals surface area contributed by atoms with E-state index in [-0.39, 0.29) is 30.7 Å². The molecule has 1 aromatic rings. The van der Waals surface area contributed by atoms with E-state index in [9.17, 15) is 14.4 Å². The number of benzene rings is 1. The Morgan fingerprint density at radius 3 is 2.33 bits per heavy atom. The molecular weight excluding hydrogens is 306 g/mol. The summed E-state index contributed by atoms with van der Waals surface area (Å²) in [6.07, 6.45) is 3.74. The van der Waals surface area contributed by atoms with Crippen LogP contribution in [0.15, 0.2) is 24.3 Å². The number of hydrogen-bond acceptors (Lipinski definition) is 3. The van der Waals surface area contributed by atoms with Crippen molar-refractivity contribution >= 4 is 17.7 Å². The average Bonchev–Trinajstić information content (AvgIpc) is 3.19. The van der Waals surface area contributed by atoms with Crippen LogP contribution >= 0.6 is 0 Å². The maximum Gasteiger partial charge on any atom is 0.261 e. The molecule has 0 aromatic heterocycles. The van der Waals surface area contributed by atoms with Gasteiger partial charge in [0, 0.05) is 38.8 Å². The topological polar surface area (TPSA) is 70.9 Å². The van der Waals surface area contributed by atoms with Crippen LogP contribution in [0.25, 0.3) is 0 Å². The van der Waals surface area contributed by atoms with E-state index in [4.69, 9.17) is 0 Å². The minimum absolute atomic E-state index is 0.108. The predicted molar refractivity (Wildman–Crippen MR) is 88.9 cm³/mol. The lowest BCUT2D eigenvalue weighted by atomic mass is 10.1. The zero-order valence-corrected chi connectivity index (χ0v) is 13.8. The molecule has 0 aliphatic carbocycles. The van der Waals surface area contributed by atoms with E-state index in [1.165, 1.54) is 30.8 Å². The Bertz CT molecular complexity index is 603. The van der Waals surface area contributed by atoms with Crippen molar-refractivity contribution in [3.8, 4) is 0 Å². The molecule has 6 nitrogen and oxygen atoms in total. The third-order valence-electron chi connectivity index (χ3n) is 4.78. The lowest BCUT2D eigenvalue weighted by Gasteiger charge is -2.14. The molecular formula is C18H24N3O3+. The third-order valence-corrected chi connectivity index (χ3v) is 4.78. The van der Waals surface area contributed by atoms with E-state index in [1.807, 2.05) is 0 Å². The molecule has 0 atom stereocenters. The van der Waals surface area contributed by atoms with Crippen LogP contribution in [-0.4, -0.2) is 55.3 Å². The van der Waals surface area contributed by atoms with Gasteiger partial charge in [-0.3, -0.25) is 19.3 Å². The van der Waals surface area contributed by atoms with Crippen LogP contribution in [0.2, 0.25) is 0 Å². The molecule has 2 aliphatic rings. The largest absolute Gasteiger partial charge is 0.356 e. The van der Waals surface area contributed by atoms with Crippen LogP contribution in [-0.2, 0) is 4.79 Å². The molecule has 0 unspecified atom stereocenters. The number of amides is 3. The summed E-state index contributed by atoms with van der Waals surface area (Å²) in [7, 11) is 0. The van der Waals surface area contributed by atoms with Crippen LogP contribution in [0.5, 0.6) is 0 Å². The zero-order chi connectivity index (χ0) is 16.9. The van der Waals surface area contributed by atoms with E-state index < -0.39 is 0 Å². The minimum atomic E-state index is -0.305. The quantitative estimate of drug-likeness (QED) is 0.540. The van der Waals surface area contributed by atoms with Crippen molar-refractivity contribution in [2.24, 2.45) is 0 Å². The zero-order valence-electron chi connectivity index (χ0n) is 13.8. The standard InChI is InChI=1S/C18H23N3O3/c22-16(19-9-5-12-20-10-3-4-11-20)8-13-21-17(23)14-6-1-2-7-15(14)18(21)24/h1-2,6-7H,3-5,8-13H2,(H,19,22)/p+1. The van der Waals surface area contributed by atoms with Crippen molar-refractivity contribution in [1.29, 1.82) is 0 Å². The highest BCUT2D eigenvalue weighted by Gasteiger charge is 2.34. The molecule has 0 spiro atoms. The summed E-state index contributed by atoms with van der Waals surface area (Å²) < 4.78 is 0. The molecule has 2 heterocycles. The number of carbonyl (C=O) groups is 3. The normalized spacial score (nSPS) is 17.4. The van der Waals surface area contributed by atoms with Gasteiger partial charge in [0.1, 0.15) is 0 Å². The second-order valence-electron chi connectivity index (χ2n) is 6.47. The molecule has 1 fully saturated rings. The first kappa shape index (κ1) is 16.6. The number of fused-ring (bicyclic) bond motifs is 1. The van der Waals surface area contributed by atoms with Crippen LogP contribution in [0.1, 0.15) is 46.4 Å². The number of nitrogens with zero attached hydrogens (tertiary/aromatic N) is 1. The predicted octanol–water partition coefficient (Wildman–Crippen LogP) is -0.142. The first-order valence-corrected chi connectivity index (χ1v) is 8.72. The van der Waals surface area contributed by atoms with E-state index >= 15 is 0 Å². The summed E-state index contributed by atoms with van der Waals surface area (Å²) in [6.45, 7) is 4.38. The van der Waals surface area contributed by atoms with Crippen molar-refractivity contribution in [3.05, 3.63) is 35.4 Å². The Balaban J connectivity index is 1.39. The van der Waals surface area contributed by atoms with E-state index in [1.54, 1.807) is 29.2 Å². The van der Waals surface area contributed by atoms with Crippen LogP contribution < -0.4 is 10.2 Å². The monoisotopic (exact) mass is 330 g/mol. The molecule has 3 amide bonds. The van der Waals surface area contributed by atoms with Crippen LogP contribution in [0.4, 0.5) is 0 Å². The number of carbonyl (C=O) groups excluding carboxylic acids is 3. The van der Waals surface area contributed by atoms with Gasteiger partial charge in [-0.2, -0.15) is 0 Å². The Morgan fingerprint density at radius 1 is 1.08 bits per heavy atom. The minimum Gasteiger partial charge on any atom is -0.356 e. The molecule has 128 valence electrons. The summed E-state index contributed by atoms with van der Waals surface area (Å²) >= 11 is 0. The number of imide groups is 1. The third kappa shape index (κ3) is 3.64. The van der Waals surface area contributed by atoms with E-state index in [0.717, 1.165) is 13.0 Å². The van der Waals surface area contributed by atoms with Gasteiger partial charge in [0.25, 0.3) is 11.8 Å². The number of rotatable bonds is 7. The highest BCUT2D eigenvalue weighted by molar-refractivity contribution is 6.21. The lowest BCUT2D eigenvalue weighted by Crippen LogP contribution is -3.10. The molecule has 0 bridgehead atoms. The number of quaternary nitrogens is 1. The van der Waals surface area contributed by atoms with Gasteiger partial charge in [0.2, 0.25) is 5.91 Å². The van der Waals surface area contributed by atoms with Crippen molar-refractivity contribution in [3.63, 3.8) is 0 Å². The second kappa shape index (κ2) is 7.57. The van der Waals surface area contributed by atoms with E-state index in [2.05, 4.69) is 5.32 Å². The summed E-state index contributed by atoms with van der Waals surface area (Å²) in [4.78, 5) is 39.1. The Morgan fingerprint density at radius 2 is 1.71 bits per heavy atom. The first-order valence-electron chi connectivity index (χ1n) is 8.72. The fraction of sp³-hybridized carbons (Fsp3) is 0.500. The molecule has 1 aromatic carbocycles. The highest BCUT2D eigenvalue weighted by atomic mass is 16.2. The van der Waals surface area contributed by atoms with E-state index in [0.29, 0.717) is 17.7 Å². The second-order valence-corrected chi connectivity index (χ2v) is 6.47. The SMILES string of the molecule is O=C(CCN1C(=O)c2ccccc2C1=O)NCCC[NH+]1CCCC1. The molecule has 0 radical (unpaired) electrons. The van der Waals surface area contributed by atoms with Crippen LogP contribution in [0.3, 0.4) is 0 Å². The fourth-order valence-corrected chi connectivity index (χ4v) is 3.44. The highest BCUT2D eigenvalue weighted by Crippen LogP contribution is 2.22. The number of likely N-dealkylation sites (tertiary alicyclic amines) is 1. The summed E-state index contributed by atoms with van der Waals surface area (Å²) in [5.74, 6) is -0.718. The Hall–Kier alpha value is -2.21. The van der Waals surface area contributed by atoms with Crippen molar-refractivity contribution in [1.82, 2.24) is 10.2 Å². The summed E-state index contributed by atoms with van der Waals surface area (Å²) in [5.41, 5.74) is 0.855. The first-order chi connectivity index (χ1) is 11.7. The van der Waals surface area contributed by atoms with Crippen LogP contribution in [0, 0.1) is 0 Å². The molecule has 2 N–H and O–H groups in total. The van der Waals surface area contributed by atoms with Gasteiger partial charge < -0.3 is 10.2 Å².